The Labute approximate surface area is 129 Å². The molecule has 0 bridgehead atoms. The molecule has 0 saturated heterocycles. The smallest absolute Gasteiger partial charge is 0.174 e. The molecule has 2 aromatic rings. The SMILES string of the molecule is CCNC(c1ccccc1)C(Sc1nncs1)C(C)C. The summed E-state index contributed by atoms with van der Waals surface area (Å²) in [5.41, 5.74) is 3.13. The van der Waals surface area contributed by atoms with Crippen molar-refractivity contribution >= 4 is 23.1 Å². The topological polar surface area (TPSA) is 37.8 Å². The Hall–Kier alpha value is -0.910. The summed E-state index contributed by atoms with van der Waals surface area (Å²) in [6.45, 7) is 7.65. The first-order chi connectivity index (χ1) is 9.72. The van der Waals surface area contributed by atoms with E-state index < -0.39 is 0 Å². The lowest BCUT2D eigenvalue weighted by atomic mass is 9.96. The number of benzene rings is 1. The van der Waals surface area contributed by atoms with E-state index in [9.17, 15) is 0 Å². The lowest BCUT2D eigenvalue weighted by molar-refractivity contribution is 0.453. The Bertz CT molecular complexity index is 485. The molecule has 3 nitrogen and oxygen atoms in total. The van der Waals surface area contributed by atoms with E-state index in [-0.39, 0.29) is 0 Å². The average Bonchev–Trinajstić information content (AvgIpc) is 2.96. The first-order valence-corrected chi connectivity index (χ1v) is 8.69. The zero-order valence-corrected chi connectivity index (χ0v) is 13.7. The predicted molar refractivity (Wildman–Crippen MR) is 87.3 cm³/mol. The lowest BCUT2D eigenvalue weighted by Gasteiger charge is -2.30. The van der Waals surface area contributed by atoms with Gasteiger partial charge in [0.2, 0.25) is 0 Å². The maximum absolute atomic E-state index is 4.18. The van der Waals surface area contributed by atoms with E-state index in [0.29, 0.717) is 17.2 Å². The van der Waals surface area contributed by atoms with Gasteiger partial charge in [0.25, 0.3) is 0 Å². The molecule has 2 rings (SSSR count). The Balaban J connectivity index is 2.23. The number of nitrogens with zero attached hydrogens (tertiary/aromatic N) is 2. The van der Waals surface area contributed by atoms with Gasteiger partial charge in [0.05, 0.1) is 0 Å². The van der Waals surface area contributed by atoms with Crippen molar-refractivity contribution in [2.45, 2.75) is 36.4 Å². The standard InChI is InChI=1S/C15H21N3S2/c1-4-16-13(12-8-6-5-7-9-12)14(11(2)3)20-15-18-17-10-19-15/h5-11,13-14,16H,4H2,1-3H3. The molecule has 0 amide bonds. The summed E-state index contributed by atoms with van der Waals surface area (Å²) in [5.74, 6) is 0.549. The van der Waals surface area contributed by atoms with Crippen LogP contribution in [0.1, 0.15) is 32.4 Å². The molecule has 0 aliphatic carbocycles. The van der Waals surface area contributed by atoms with E-state index in [4.69, 9.17) is 0 Å². The Morgan fingerprint density at radius 2 is 2.00 bits per heavy atom. The molecule has 20 heavy (non-hydrogen) atoms. The van der Waals surface area contributed by atoms with Crippen LogP contribution in [-0.4, -0.2) is 22.0 Å². The third kappa shape index (κ3) is 4.04. The van der Waals surface area contributed by atoms with Gasteiger partial charge >= 0.3 is 0 Å². The molecule has 0 saturated carbocycles. The second kappa shape index (κ2) is 7.76. The summed E-state index contributed by atoms with van der Waals surface area (Å²) in [5, 5.41) is 12.2. The fourth-order valence-electron chi connectivity index (χ4n) is 2.22. The molecular formula is C15H21N3S2. The first kappa shape index (κ1) is 15.5. The van der Waals surface area contributed by atoms with Crippen LogP contribution < -0.4 is 5.32 Å². The van der Waals surface area contributed by atoms with Crippen molar-refractivity contribution in [2.75, 3.05) is 6.54 Å². The molecule has 2 unspecified atom stereocenters. The van der Waals surface area contributed by atoms with Crippen LogP contribution in [0.2, 0.25) is 0 Å². The van der Waals surface area contributed by atoms with Crippen molar-refractivity contribution in [3.8, 4) is 0 Å². The largest absolute Gasteiger partial charge is 0.309 e. The zero-order chi connectivity index (χ0) is 14.4. The quantitative estimate of drug-likeness (QED) is 0.784. The van der Waals surface area contributed by atoms with Crippen LogP contribution in [0.25, 0.3) is 0 Å². The summed E-state index contributed by atoms with van der Waals surface area (Å²) in [6, 6.07) is 11.0. The summed E-state index contributed by atoms with van der Waals surface area (Å²) >= 11 is 3.44. The number of hydrogen-bond acceptors (Lipinski definition) is 5. The van der Waals surface area contributed by atoms with Gasteiger partial charge in [-0.05, 0) is 18.0 Å². The third-order valence-corrected chi connectivity index (χ3v) is 5.58. The second-order valence-corrected chi connectivity index (χ2v) is 7.24. The Kier molecular flexibility index (Phi) is 6.01. The minimum atomic E-state index is 0.329. The average molecular weight is 307 g/mol. The molecule has 2 atom stereocenters. The van der Waals surface area contributed by atoms with E-state index in [1.807, 2.05) is 11.8 Å². The highest BCUT2D eigenvalue weighted by Crippen LogP contribution is 2.37. The molecular weight excluding hydrogens is 286 g/mol. The van der Waals surface area contributed by atoms with E-state index in [0.717, 1.165) is 10.9 Å². The minimum Gasteiger partial charge on any atom is -0.309 e. The summed E-state index contributed by atoms with van der Waals surface area (Å²) < 4.78 is 1.04. The van der Waals surface area contributed by atoms with Crippen LogP contribution in [0.15, 0.2) is 40.2 Å². The van der Waals surface area contributed by atoms with Gasteiger partial charge in [-0.3, -0.25) is 0 Å². The first-order valence-electron chi connectivity index (χ1n) is 6.93. The number of hydrogen-bond donors (Lipinski definition) is 1. The Morgan fingerprint density at radius 1 is 1.25 bits per heavy atom. The van der Waals surface area contributed by atoms with Crippen LogP contribution in [0.5, 0.6) is 0 Å². The van der Waals surface area contributed by atoms with Crippen molar-refractivity contribution in [2.24, 2.45) is 5.92 Å². The van der Waals surface area contributed by atoms with E-state index in [1.54, 1.807) is 16.8 Å². The molecule has 5 heteroatoms. The van der Waals surface area contributed by atoms with E-state index in [1.165, 1.54) is 5.56 Å². The predicted octanol–water partition coefficient (Wildman–Crippen LogP) is 4.01. The fourth-order valence-corrected chi connectivity index (χ4v) is 4.18. The summed E-state index contributed by atoms with van der Waals surface area (Å²) in [4.78, 5) is 0. The molecule has 108 valence electrons. The van der Waals surface area contributed by atoms with Crippen LogP contribution >= 0.6 is 23.1 Å². The number of nitrogens with one attached hydrogen (secondary N) is 1. The highest BCUT2D eigenvalue weighted by molar-refractivity contribution is 8.01. The maximum atomic E-state index is 4.18. The van der Waals surface area contributed by atoms with Gasteiger partial charge in [0.1, 0.15) is 5.51 Å². The van der Waals surface area contributed by atoms with Crippen molar-refractivity contribution in [1.29, 1.82) is 0 Å². The van der Waals surface area contributed by atoms with Gasteiger partial charge < -0.3 is 5.32 Å². The van der Waals surface area contributed by atoms with Gasteiger partial charge in [-0.25, -0.2) is 0 Å². The van der Waals surface area contributed by atoms with Gasteiger partial charge in [-0.1, -0.05) is 74.2 Å². The van der Waals surface area contributed by atoms with Crippen LogP contribution in [-0.2, 0) is 0 Å². The molecule has 1 N–H and O–H groups in total. The highest BCUT2D eigenvalue weighted by atomic mass is 32.2. The molecule has 1 aromatic heterocycles. The Morgan fingerprint density at radius 3 is 2.55 bits per heavy atom. The highest BCUT2D eigenvalue weighted by Gasteiger charge is 2.27. The molecule has 0 fully saturated rings. The van der Waals surface area contributed by atoms with Gasteiger partial charge in [-0.15, -0.1) is 10.2 Å². The summed E-state index contributed by atoms with van der Waals surface area (Å²) in [7, 11) is 0. The monoisotopic (exact) mass is 307 g/mol. The molecule has 1 heterocycles. The molecule has 0 aliphatic heterocycles. The number of rotatable bonds is 7. The van der Waals surface area contributed by atoms with Crippen LogP contribution in [0.3, 0.4) is 0 Å². The second-order valence-electron chi connectivity index (χ2n) is 4.98. The van der Waals surface area contributed by atoms with Crippen LogP contribution in [0.4, 0.5) is 0 Å². The third-order valence-electron chi connectivity index (χ3n) is 3.15. The van der Waals surface area contributed by atoms with Crippen molar-refractivity contribution in [1.82, 2.24) is 15.5 Å². The van der Waals surface area contributed by atoms with Gasteiger partial charge in [0, 0.05) is 11.3 Å². The van der Waals surface area contributed by atoms with Crippen molar-refractivity contribution in [3.63, 3.8) is 0 Å². The minimum absolute atomic E-state index is 0.329. The number of thioether (sulfide) groups is 1. The summed E-state index contributed by atoms with van der Waals surface area (Å²) in [6.07, 6.45) is 0. The molecule has 0 radical (unpaired) electrons. The van der Waals surface area contributed by atoms with E-state index >= 15 is 0 Å². The fraction of sp³-hybridized carbons (Fsp3) is 0.467. The van der Waals surface area contributed by atoms with Crippen LogP contribution in [0, 0.1) is 5.92 Å². The van der Waals surface area contributed by atoms with Crippen molar-refractivity contribution in [3.05, 3.63) is 41.4 Å². The maximum Gasteiger partial charge on any atom is 0.174 e. The van der Waals surface area contributed by atoms with Crippen molar-refractivity contribution < 1.29 is 0 Å². The molecule has 1 aromatic carbocycles. The van der Waals surface area contributed by atoms with Gasteiger partial charge in [-0.2, -0.15) is 0 Å². The number of aromatic nitrogens is 2. The normalized spacial score (nSPS) is 14.4. The van der Waals surface area contributed by atoms with E-state index in [2.05, 4.69) is 66.6 Å². The van der Waals surface area contributed by atoms with Gasteiger partial charge in [0.15, 0.2) is 4.34 Å². The molecule has 0 spiro atoms. The zero-order valence-electron chi connectivity index (χ0n) is 12.1. The lowest BCUT2D eigenvalue weighted by Crippen LogP contribution is -2.33. The molecule has 0 aliphatic rings.